The van der Waals surface area contributed by atoms with Gasteiger partial charge >= 0.3 is 5.97 Å². The highest BCUT2D eigenvalue weighted by Gasteiger charge is 2.62. The number of hydrogen-bond donors (Lipinski definition) is 0. The van der Waals surface area contributed by atoms with Crippen molar-refractivity contribution in [1.29, 1.82) is 0 Å². The third kappa shape index (κ3) is 3.62. The van der Waals surface area contributed by atoms with Crippen LogP contribution in [0.3, 0.4) is 0 Å². The number of unbranched alkanes of at least 4 members (excludes halogenated alkanes) is 1. The highest BCUT2D eigenvalue weighted by atomic mass is 16.6. The van der Waals surface area contributed by atoms with E-state index >= 15 is 0 Å². The Balaban J connectivity index is 0.000000239. The summed E-state index contributed by atoms with van der Waals surface area (Å²) < 4.78 is 4.85. The van der Waals surface area contributed by atoms with Gasteiger partial charge in [0.05, 0.1) is 0 Å². The van der Waals surface area contributed by atoms with Crippen LogP contribution < -0.4 is 0 Å². The molecule has 3 unspecified atom stereocenters. The van der Waals surface area contributed by atoms with Gasteiger partial charge in [-0.05, 0) is 39.5 Å². The predicted octanol–water partition coefficient (Wildman–Crippen LogP) is 2.64. The van der Waals surface area contributed by atoms with Gasteiger partial charge in [-0.1, -0.05) is 26.7 Å². The van der Waals surface area contributed by atoms with Crippen molar-refractivity contribution in [2.24, 2.45) is 11.3 Å². The quantitative estimate of drug-likeness (QED) is 0.576. The Morgan fingerprint density at radius 1 is 1.32 bits per heavy atom. The molecule has 1 aliphatic carbocycles. The zero-order chi connectivity index (χ0) is 16.9. The molecule has 0 spiro atoms. The Morgan fingerprint density at radius 3 is 2.41 bits per heavy atom. The van der Waals surface area contributed by atoms with E-state index in [4.69, 9.17) is 4.74 Å². The lowest BCUT2D eigenvalue weighted by Gasteiger charge is -2.22. The molecule has 0 aromatic carbocycles. The molecular weight excluding hydrogens is 284 g/mol. The summed E-state index contributed by atoms with van der Waals surface area (Å²) in [6.07, 6.45) is 4.40. The number of rotatable bonds is 5. The van der Waals surface area contributed by atoms with Gasteiger partial charge < -0.3 is 4.74 Å². The molecule has 5 nitrogen and oxygen atoms in total. The smallest absolute Gasteiger partial charge is 0.328 e. The van der Waals surface area contributed by atoms with E-state index in [1.54, 1.807) is 6.92 Å². The predicted molar refractivity (Wildman–Crippen MR) is 81.2 cm³/mol. The fourth-order valence-corrected chi connectivity index (χ4v) is 2.83. The van der Waals surface area contributed by atoms with Gasteiger partial charge in [-0.15, -0.1) is 0 Å². The summed E-state index contributed by atoms with van der Waals surface area (Å²) in [5, 5.41) is 0. The Morgan fingerprint density at radius 2 is 1.95 bits per heavy atom. The first-order chi connectivity index (χ1) is 10.3. The van der Waals surface area contributed by atoms with Gasteiger partial charge in [0, 0.05) is 5.92 Å². The molecule has 1 saturated heterocycles. The van der Waals surface area contributed by atoms with Crippen LogP contribution >= 0.6 is 0 Å². The SMILES string of the molecule is CC(=O)C12CCCC(OC1=O)C2=O.CCCCC(C)C(C)=O. The molecule has 0 aromatic rings. The molecule has 1 heterocycles. The van der Waals surface area contributed by atoms with E-state index in [0.29, 0.717) is 25.0 Å². The third-order valence-corrected chi connectivity index (χ3v) is 4.61. The van der Waals surface area contributed by atoms with Crippen molar-refractivity contribution in [3.63, 3.8) is 0 Å². The maximum Gasteiger partial charge on any atom is 0.328 e. The van der Waals surface area contributed by atoms with Crippen molar-refractivity contribution in [2.75, 3.05) is 0 Å². The molecular formula is C17H26O5. The summed E-state index contributed by atoms with van der Waals surface area (Å²) in [5.41, 5.74) is -1.43. The number of hydrogen-bond acceptors (Lipinski definition) is 5. The lowest BCUT2D eigenvalue weighted by atomic mass is 9.72. The number of carbonyl (C=O) groups excluding carboxylic acids is 4. The maximum atomic E-state index is 11.6. The van der Waals surface area contributed by atoms with Crippen molar-refractivity contribution in [1.82, 2.24) is 0 Å². The van der Waals surface area contributed by atoms with E-state index in [9.17, 15) is 19.2 Å². The van der Waals surface area contributed by atoms with Crippen LogP contribution in [0.5, 0.6) is 0 Å². The molecule has 0 radical (unpaired) electrons. The monoisotopic (exact) mass is 310 g/mol. The summed E-state index contributed by atoms with van der Waals surface area (Å²) in [6, 6.07) is 0. The lowest BCUT2D eigenvalue weighted by Crippen LogP contribution is -2.43. The van der Waals surface area contributed by atoms with Crippen molar-refractivity contribution in [3.05, 3.63) is 0 Å². The van der Waals surface area contributed by atoms with Crippen LogP contribution in [0.1, 0.15) is 66.2 Å². The summed E-state index contributed by atoms with van der Waals surface area (Å²) >= 11 is 0. The summed E-state index contributed by atoms with van der Waals surface area (Å²) in [7, 11) is 0. The minimum atomic E-state index is -1.43. The van der Waals surface area contributed by atoms with E-state index in [-0.39, 0.29) is 17.5 Å². The van der Waals surface area contributed by atoms with Crippen LogP contribution in [0, 0.1) is 11.3 Å². The average molecular weight is 310 g/mol. The van der Waals surface area contributed by atoms with Crippen LogP contribution in [0.15, 0.2) is 0 Å². The zero-order valence-corrected chi connectivity index (χ0v) is 13.9. The Hall–Kier alpha value is -1.52. The van der Waals surface area contributed by atoms with Gasteiger partial charge in [0.2, 0.25) is 0 Å². The Labute approximate surface area is 131 Å². The van der Waals surface area contributed by atoms with E-state index in [1.165, 1.54) is 19.8 Å². The van der Waals surface area contributed by atoms with Gasteiger partial charge in [0.1, 0.15) is 5.78 Å². The van der Waals surface area contributed by atoms with E-state index < -0.39 is 17.5 Å². The Kier molecular flexibility index (Phi) is 6.45. The molecule has 2 bridgehead atoms. The first-order valence-corrected chi connectivity index (χ1v) is 8.04. The minimum Gasteiger partial charge on any atom is -0.453 e. The first kappa shape index (κ1) is 18.5. The second kappa shape index (κ2) is 7.65. The van der Waals surface area contributed by atoms with E-state index in [2.05, 4.69) is 6.92 Å². The number of Topliss-reactive ketones (excluding diaryl/α,β-unsaturated/α-hetero) is 3. The minimum absolute atomic E-state index is 0.282. The van der Waals surface area contributed by atoms with Crippen molar-refractivity contribution >= 4 is 23.3 Å². The van der Waals surface area contributed by atoms with Crippen molar-refractivity contribution in [3.8, 4) is 0 Å². The van der Waals surface area contributed by atoms with E-state index in [1.807, 2.05) is 6.92 Å². The molecule has 5 heteroatoms. The normalized spacial score (nSPS) is 27.5. The molecule has 1 aliphatic heterocycles. The highest BCUT2D eigenvalue weighted by Crippen LogP contribution is 2.42. The second-order valence-corrected chi connectivity index (χ2v) is 6.27. The number of esters is 1. The third-order valence-electron chi connectivity index (χ3n) is 4.61. The van der Waals surface area contributed by atoms with Crippen LogP contribution in [0.4, 0.5) is 0 Å². The molecule has 22 heavy (non-hydrogen) atoms. The maximum absolute atomic E-state index is 11.6. The highest BCUT2D eigenvalue weighted by molar-refractivity contribution is 6.26. The van der Waals surface area contributed by atoms with Crippen molar-refractivity contribution < 1.29 is 23.9 Å². The zero-order valence-electron chi connectivity index (χ0n) is 13.9. The van der Waals surface area contributed by atoms with E-state index in [0.717, 1.165) is 6.42 Å². The van der Waals surface area contributed by atoms with Crippen LogP contribution in [-0.4, -0.2) is 29.4 Å². The fourth-order valence-electron chi connectivity index (χ4n) is 2.83. The number of ether oxygens (including phenoxy) is 1. The van der Waals surface area contributed by atoms with Crippen molar-refractivity contribution in [2.45, 2.75) is 72.3 Å². The van der Waals surface area contributed by atoms with Crippen LogP contribution in [0.25, 0.3) is 0 Å². The molecule has 3 atom stereocenters. The second-order valence-electron chi connectivity index (χ2n) is 6.27. The standard InChI is InChI=1S/C9H10O4.C8H16O/c1-5(10)9-4-2-3-6(7(9)11)13-8(9)12;1-4-5-6-7(2)8(3)9/h6H,2-4H2,1H3;7H,4-6H2,1-3H3. The summed E-state index contributed by atoms with van der Waals surface area (Å²) in [5.74, 6) is -0.721. The van der Waals surface area contributed by atoms with Gasteiger partial charge in [-0.3, -0.25) is 19.2 Å². The topological polar surface area (TPSA) is 77.5 Å². The molecule has 0 amide bonds. The van der Waals surface area contributed by atoms with Gasteiger partial charge in [-0.2, -0.15) is 0 Å². The van der Waals surface area contributed by atoms with Gasteiger partial charge in [0.15, 0.2) is 23.1 Å². The lowest BCUT2D eigenvalue weighted by molar-refractivity contribution is -0.152. The molecule has 124 valence electrons. The summed E-state index contributed by atoms with van der Waals surface area (Å²) in [6.45, 7) is 7.10. The number of carbonyl (C=O) groups is 4. The van der Waals surface area contributed by atoms with Crippen LogP contribution in [-0.2, 0) is 23.9 Å². The molecule has 0 aromatic heterocycles. The average Bonchev–Trinajstić information content (AvgIpc) is 2.62. The fraction of sp³-hybridized carbons (Fsp3) is 0.765. The molecule has 2 aliphatic rings. The number of ketones is 3. The van der Waals surface area contributed by atoms with Gasteiger partial charge in [-0.25, -0.2) is 0 Å². The Bertz CT molecular complexity index is 468. The number of fused-ring (bicyclic) bond motifs is 2. The first-order valence-electron chi connectivity index (χ1n) is 8.04. The molecule has 0 N–H and O–H groups in total. The molecule has 2 rings (SSSR count). The van der Waals surface area contributed by atoms with Crippen LogP contribution in [0.2, 0.25) is 0 Å². The summed E-state index contributed by atoms with van der Waals surface area (Å²) in [4.78, 5) is 44.9. The molecule has 1 saturated carbocycles. The largest absolute Gasteiger partial charge is 0.453 e. The molecule has 2 fully saturated rings. The van der Waals surface area contributed by atoms with Gasteiger partial charge in [0.25, 0.3) is 0 Å².